The lowest BCUT2D eigenvalue weighted by Gasteiger charge is -2.16. The zero-order chi connectivity index (χ0) is 11.7. The number of hydrogen-bond donors (Lipinski definition) is 0. The standard InChI is InChI=1S/C12H15FN2O/c1-8-5-10(8)7-15(2)12(16)9-3-4-11(13)14-6-9/h3-4,6,8,10H,5,7H2,1-2H3. The van der Waals surface area contributed by atoms with Crippen LogP contribution in [0.5, 0.6) is 0 Å². The van der Waals surface area contributed by atoms with Crippen LogP contribution >= 0.6 is 0 Å². The van der Waals surface area contributed by atoms with Gasteiger partial charge in [0.25, 0.3) is 5.91 Å². The van der Waals surface area contributed by atoms with Gasteiger partial charge in [-0.1, -0.05) is 6.92 Å². The minimum atomic E-state index is -0.560. The smallest absolute Gasteiger partial charge is 0.255 e. The van der Waals surface area contributed by atoms with Crippen molar-refractivity contribution in [1.82, 2.24) is 9.88 Å². The zero-order valence-corrected chi connectivity index (χ0v) is 9.48. The van der Waals surface area contributed by atoms with Gasteiger partial charge < -0.3 is 4.90 Å². The fraction of sp³-hybridized carbons (Fsp3) is 0.500. The Labute approximate surface area is 94.3 Å². The molecule has 1 saturated carbocycles. The van der Waals surface area contributed by atoms with Gasteiger partial charge in [-0.3, -0.25) is 4.79 Å². The first-order valence-electron chi connectivity index (χ1n) is 5.45. The number of aromatic nitrogens is 1. The number of carbonyl (C=O) groups excluding carboxylic acids is 1. The lowest BCUT2D eigenvalue weighted by Crippen LogP contribution is -2.29. The van der Waals surface area contributed by atoms with E-state index in [1.165, 1.54) is 24.8 Å². The minimum Gasteiger partial charge on any atom is -0.341 e. The topological polar surface area (TPSA) is 33.2 Å². The van der Waals surface area contributed by atoms with Gasteiger partial charge in [0.15, 0.2) is 0 Å². The summed E-state index contributed by atoms with van der Waals surface area (Å²) in [7, 11) is 1.77. The van der Waals surface area contributed by atoms with Crippen molar-refractivity contribution in [1.29, 1.82) is 0 Å². The van der Waals surface area contributed by atoms with E-state index in [0.717, 1.165) is 12.5 Å². The minimum absolute atomic E-state index is 0.0911. The van der Waals surface area contributed by atoms with Crippen molar-refractivity contribution in [2.75, 3.05) is 13.6 Å². The number of rotatable bonds is 3. The quantitative estimate of drug-likeness (QED) is 0.732. The summed E-state index contributed by atoms with van der Waals surface area (Å²) in [6, 6.07) is 2.68. The number of hydrogen-bond acceptors (Lipinski definition) is 2. The highest BCUT2D eigenvalue weighted by Gasteiger charge is 2.34. The molecular weight excluding hydrogens is 207 g/mol. The number of pyridine rings is 1. The van der Waals surface area contributed by atoms with Crippen molar-refractivity contribution < 1.29 is 9.18 Å². The molecule has 1 amide bonds. The Morgan fingerprint density at radius 3 is 2.81 bits per heavy atom. The third-order valence-electron chi connectivity index (χ3n) is 3.11. The monoisotopic (exact) mass is 222 g/mol. The third kappa shape index (κ3) is 2.38. The second kappa shape index (κ2) is 4.20. The van der Waals surface area contributed by atoms with Crippen LogP contribution in [-0.4, -0.2) is 29.4 Å². The second-order valence-corrected chi connectivity index (χ2v) is 4.53. The van der Waals surface area contributed by atoms with Crippen LogP contribution in [0.25, 0.3) is 0 Å². The summed E-state index contributed by atoms with van der Waals surface area (Å²) in [5.74, 6) is 0.700. The molecule has 86 valence electrons. The average molecular weight is 222 g/mol. The van der Waals surface area contributed by atoms with Crippen molar-refractivity contribution in [2.45, 2.75) is 13.3 Å². The summed E-state index contributed by atoms with van der Waals surface area (Å²) in [5, 5.41) is 0. The molecule has 0 aliphatic heterocycles. The molecule has 3 nitrogen and oxygen atoms in total. The molecule has 0 saturated heterocycles. The van der Waals surface area contributed by atoms with Crippen molar-refractivity contribution in [3.8, 4) is 0 Å². The molecule has 1 aromatic heterocycles. The van der Waals surface area contributed by atoms with Gasteiger partial charge in [-0.05, 0) is 30.4 Å². The van der Waals surface area contributed by atoms with Crippen LogP contribution < -0.4 is 0 Å². The summed E-state index contributed by atoms with van der Waals surface area (Å²) in [6.45, 7) is 2.96. The summed E-state index contributed by atoms with van der Waals surface area (Å²) in [6.07, 6.45) is 2.48. The SMILES string of the molecule is CC1CC1CN(C)C(=O)c1ccc(F)nc1. The molecule has 1 aliphatic carbocycles. The molecule has 0 spiro atoms. The maximum absolute atomic E-state index is 12.6. The van der Waals surface area contributed by atoms with Gasteiger partial charge in [0.05, 0.1) is 5.56 Å². The van der Waals surface area contributed by atoms with E-state index in [-0.39, 0.29) is 5.91 Å². The number of halogens is 1. The van der Waals surface area contributed by atoms with Crippen LogP contribution in [0.3, 0.4) is 0 Å². The Kier molecular flexibility index (Phi) is 2.90. The van der Waals surface area contributed by atoms with Gasteiger partial charge in [0.2, 0.25) is 5.95 Å². The first kappa shape index (κ1) is 11.0. The number of nitrogens with zero attached hydrogens (tertiary/aromatic N) is 2. The Morgan fingerprint density at radius 1 is 1.62 bits per heavy atom. The van der Waals surface area contributed by atoms with Crippen LogP contribution in [0.2, 0.25) is 0 Å². The van der Waals surface area contributed by atoms with Crippen LogP contribution in [-0.2, 0) is 0 Å². The van der Waals surface area contributed by atoms with E-state index in [9.17, 15) is 9.18 Å². The van der Waals surface area contributed by atoms with E-state index in [1.54, 1.807) is 11.9 Å². The molecule has 2 unspecified atom stereocenters. The second-order valence-electron chi connectivity index (χ2n) is 4.53. The molecule has 0 N–H and O–H groups in total. The van der Waals surface area contributed by atoms with Gasteiger partial charge in [0.1, 0.15) is 0 Å². The summed E-state index contributed by atoms with van der Waals surface area (Å²) < 4.78 is 12.6. The number of carbonyl (C=O) groups is 1. The Morgan fingerprint density at radius 2 is 2.31 bits per heavy atom. The van der Waals surface area contributed by atoms with Crippen LogP contribution in [0.4, 0.5) is 4.39 Å². The van der Waals surface area contributed by atoms with E-state index < -0.39 is 5.95 Å². The van der Waals surface area contributed by atoms with Gasteiger partial charge in [0, 0.05) is 19.8 Å². The Bertz CT molecular complexity index is 391. The fourth-order valence-electron chi connectivity index (χ4n) is 1.81. The van der Waals surface area contributed by atoms with Crippen molar-refractivity contribution in [3.63, 3.8) is 0 Å². The first-order chi connectivity index (χ1) is 7.58. The normalized spacial score (nSPS) is 22.9. The molecular formula is C12H15FN2O. The summed E-state index contributed by atoms with van der Waals surface area (Å²) in [5.41, 5.74) is 0.442. The third-order valence-corrected chi connectivity index (χ3v) is 3.11. The lowest BCUT2D eigenvalue weighted by molar-refractivity contribution is 0.0786. The average Bonchev–Trinajstić information content (AvgIpc) is 2.94. The summed E-state index contributed by atoms with van der Waals surface area (Å²) >= 11 is 0. The van der Waals surface area contributed by atoms with E-state index in [4.69, 9.17) is 0 Å². The molecule has 0 aromatic carbocycles. The molecule has 2 rings (SSSR count). The molecule has 16 heavy (non-hydrogen) atoms. The maximum Gasteiger partial charge on any atom is 0.255 e. The molecule has 0 bridgehead atoms. The van der Waals surface area contributed by atoms with Crippen molar-refractivity contribution in [2.24, 2.45) is 11.8 Å². The Balaban J connectivity index is 1.98. The van der Waals surface area contributed by atoms with Crippen molar-refractivity contribution in [3.05, 3.63) is 29.8 Å². The van der Waals surface area contributed by atoms with E-state index in [0.29, 0.717) is 11.5 Å². The maximum atomic E-state index is 12.6. The molecule has 1 fully saturated rings. The molecule has 0 radical (unpaired) electrons. The molecule has 1 aromatic rings. The van der Waals surface area contributed by atoms with Gasteiger partial charge in [-0.2, -0.15) is 4.39 Å². The largest absolute Gasteiger partial charge is 0.341 e. The predicted molar refractivity (Wildman–Crippen MR) is 58.4 cm³/mol. The van der Waals surface area contributed by atoms with Gasteiger partial charge in [-0.25, -0.2) is 4.98 Å². The zero-order valence-electron chi connectivity index (χ0n) is 9.48. The van der Waals surface area contributed by atoms with E-state index in [1.807, 2.05) is 0 Å². The molecule has 2 atom stereocenters. The Hall–Kier alpha value is -1.45. The van der Waals surface area contributed by atoms with Crippen LogP contribution in [0.15, 0.2) is 18.3 Å². The first-order valence-corrected chi connectivity index (χ1v) is 5.45. The lowest BCUT2D eigenvalue weighted by atomic mass is 10.2. The fourth-order valence-corrected chi connectivity index (χ4v) is 1.81. The van der Waals surface area contributed by atoms with E-state index in [2.05, 4.69) is 11.9 Å². The highest BCUT2D eigenvalue weighted by molar-refractivity contribution is 5.93. The number of amides is 1. The van der Waals surface area contributed by atoms with Crippen LogP contribution in [0, 0.1) is 17.8 Å². The van der Waals surface area contributed by atoms with Crippen molar-refractivity contribution >= 4 is 5.91 Å². The van der Waals surface area contributed by atoms with Gasteiger partial charge >= 0.3 is 0 Å². The van der Waals surface area contributed by atoms with Gasteiger partial charge in [-0.15, -0.1) is 0 Å². The highest BCUT2D eigenvalue weighted by atomic mass is 19.1. The molecule has 1 aliphatic rings. The van der Waals surface area contributed by atoms with E-state index >= 15 is 0 Å². The predicted octanol–water partition coefficient (Wildman–Crippen LogP) is 1.95. The highest BCUT2D eigenvalue weighted by Crippen LogP contribution is 2.38. The van der Waals surface area contributed by atoms with Crippen LogP contribution in [0.1, 0.15) is 23.7 Å². The summed E-state index contributed by atoms with van der Waals surface area (Å²) in [4.78, 5) is 17.1. The molecule has 4 heteroatoms. The molecule has 1 heterocycles.